The van der Waals surface area contributed by atoms with Crippen LogP contribution in [0.2, 0.25) is 0 Å². The number of ether oxygens (including phenoxy) is 2. The number of hydrazone groups is 1. The number of alkyl halides is 3. The summed E-state index contributed by atoms with van der Waals surface area (Å²) >= 11 is 0.937. The van der Waals surface area contributed by atoms with Crippen molar-refractivity contribution in [3.8, 4) is 0 Å². The molecule has 184 valence electrons. The predicted molar refractivity (Wildman–Crippen MR) is 119 cm³/mol. The number of methoxy groups -OCH3 is 1. The van der Waals surface area contributed by atoms with Gasteiger partial charge in [-0.25, -0.2) is 15.0 Å². The van der Waals surface area contributed by atoms with Gasteiger partial charge in [-0.2, -0.15) is 18.3 Å². The number of hydrogen-bond donors (Lipinski definition) is 1. The van der Waals surface area contributed by atoms with E-state index in [9.17, 15) is 27.6 Å². The number of halogens is 3. The minimum absolute atomic E-state index is 0.104. The van der Waals surface area contributed by atoms with Crippen molar-refractivity contribution in [3.63, 3.8) is 0 Å². The Morgan fingerprint density at radius 3 is 2.42 bits per heavy atom. The van der Waals surface area contributed by atoms with Crippen LogP contribution in [0.25, 0.3) is 10.2 Å². The third kappa shape index (κ3) is 6.90. The maximum atomic E-state index is 13.1. The summed E-state index contributed by atoms with van der Waals surface area (Å²) < 4.78 is 50.7. The maximum absolute atomic E-state index is 13.1. The average Bonchev–Trinajstić information content (AvgIpc) is 2.99. The summed E-state index contributed by atoms with van der Waals surface area (Å²) in [4.78, 5) is 38.3. The molecule has 13 heteroatoms. The highest BCUT2D eigenvalue weighted by molar-refractivity contribution is 7.20. The van der Waals surface area contributed by atoms with Crippen LogP contribution < -0.4 is 16.7 Å². The van der Waals surface area contributed by atoms with Crippen molar-refractivity contribution >= 4 is 33.9 Å². The standard InChI is InChI=1S/C20H27F3N4O5S/c1-11(31-6)10-27-15(28)14-12(2)13(9-24-25-17(29)32-19(3,4)5)33-16(14)26(18(27)30)8-7-20(21,22)23/h9,11H,7-8,10H2,1-6H3,(H,25,29)/b24-9+. The number of amides is 1. The normalized spacial score (nSPS) is 13.6. The van der Waals surface area contributed by atoms with Crippen LogP contribution in [0, 0.1) is 6.92 Å². The number of carbonyl (C=O) groups is 1. The van der Waals surface area contributed by atoms with Gasteiger partial charge in [0.1, 0.15) is 10.4 Å². The third-order valence-corrected chi connectivity index (χ3v) is 5.78. The quantitative estimate of drug-likeness (QED) is 0.472. The van der Waals surface area contributed by atoms with E-state index in [1.165, 1.54) is 13.3 Å². The van der Waals surface area contributed by atoms with E-state index in [1.807, 2.05) is 0 Å². The first-order chi connectivity index (χ1) is 15.1. The molecule has 1 unspecified atom stereocenters. The second-order valence-electron chi connectivity index (χ2n) is 8.40. The van der Waals surface area contributed by atoms with Crippen LogP contribution in [0.1, 0.15) is 44.6 Å². The van der Waals surface area contributed by atoms with Crippen molar-refractivity contribution in [2.24, 2.45) is 5.10 Å². The van der Waals surface area contributed by atoms with Gasteiger partial charge in [-0.3, -0.25) is 13.9 Å². The number of nitrogens with one attached hydrogen (secondary N) is 1. The fourth-order valence-electron chi connectivity index (χ4n) is 2.91. The molecule has 2 heterocycles. The number of rotatable bonds is 7. The zero-order valence-electron chi connectivity index (χ0n) is 19.2. The Morgan fingerprint density at radius 2 is 1.88 bits per heavy atom. The lowest BCUT2D eigenvalue weighted by Gasteiger charge is -2.18. The van der Waals surface area contributed by atoms with Crippen molar-refractivity contribution in [1.82, 2.24) is 14.6 Å². The molecular formula is C20H27F3N4O5S. The van der Waals surface area contributed by atoms with Crippen LogP contribution >= 0.6 is 11.3 Å². The molecule has 1 amide bonds. The molecule has 0 spiro atoms. The maximum Gasteiger partial charge on any atom is 0.428 e. The second-order valence-corrected chi connectivity index (χ2v) is 9.44. The molecule has 2 aromatic heterocycles. The van der Waals surface area contributed by atoms with E-state index in [4.69, 9.17) is 9.47 Å². The Balaban J connectivity index is 2.56. The van der Waals surface area contributed by atoms with Gasteiger partial charge in [-0.1, -0.05) is 0 Å². The smallest absolute Gasteiger partial charge is 0.428 e. The lowest BCUT2D eigenvalue weighted by molar-refractivity contribution is -0.136. The summed E-state index contributed by atoms with van der Waals surface area (Å²) in [5.74, 6) is 0. The van der Waals surface area contributed by atoms with E-state index in [-0.39, 0.29) is 16.8 Å². The Hall–Kier alpha value is -2.67. The molecular weight excluding hydrogens is 465 g/mol. The van der Waals surface area contributed by atoms with E-state index >= 15 is 0 Å². The molecule has 0 saturated heterocycles. The summed E-state index contributed by atoms with van der Waals surface area (Å²) in [5, 5.41) is 3.91. The highest BCUT2D eigenvalue weighted by Gasteiger charge is 2.29. The van der Waals surface area contributed by atoms with Crippen molar-refractivity contribution in [2.45, 2.75) is 72.0 Å². The Kier molecular flexibility index (Phi) is 8.12. The molecule has 0 fully saturated rings. The molecule has 0 radical (unpaired) electrons. The van der Waals surface area contributed by atoms with Gasteiger partial charge in [0.05, 0.1) is 35.5 Å². The summed E-state index contributed by atoms with van der Waals surface area (Å²) in [5.41, 5.74) is 0.404. The molecule has 33 heavy (non-hydrogen) atoms. The highest BCUT2D eigenvalue weighted by atomic mass is 32.1. The third-order valence-electron chi connectivity index (χ3n) is 4.53. The van der Waals surface area contributed by atoms with Gasteiger partial charge in [-0.15, -0.1) is 11.3 Å². The lowest BCUT2D eigenvalue weighted by Crippen LogP contribution is -2.42. The Morgan fingerprint density at radius 1 is 1.24 bits per heavy atom. The Bertz CT molecular complexity index is 1160. The topological polar surface area (TPSA) is 104 Å². The van der Waals surface area contributed by atoms with Gasteiger partial charge in [0.2, 0.25) is 0 Å². The van der Waals surface area contributed by atoms with E-state index in [1.54, 1.807) is 34.6 Å². The molecule has 0 bridgehead atoms. The van der Waals surface area contributed by atoms with E-state index < -0.39 is 48.2 Å². The largest absolute Gasteiger partial charge is 0.443 e. The molecule has 0 saturated carbocycles. The van der Waals surface area contributed by atoms with Gasteiger partial charge >= 0.3 is 18.0 Å². The fourth-order valence-corrected chi connectivity index (χ4v) is 4.10. The molecule has 0 aliphatic carbocycles. The van der Waals surface area contributed by atoms with Crippen LogP contribution in [0.4, 0.5) is 18.0 Å². The minimum Gasteiger partial charge on any atom is -0.443 e. The number of aromatic nitrogens is 2. The summed E-state index contributed by atoms with van der Waals surface area (Å²) in [6.45, 7) is 7.52. The van der Waals surface area contributed by atoms with Crippen LogP contribution in [0.15, 0.2) is 14.7 Å². The lowest BCUT2D eigenvalue weighted by atomic mass is 10.2. The Labute approximate surface area is 191 Å². The van der Waals surface area contributed by atoms with Crippen molar-refractivity contribution in [1.29, 1.82) is 0 Å². The van der Waals surface area contributed by atoms with Gasteiger partial charge in [0.25, 0.3) is 5.56 Å². The van der Waals surface area contributed by atoms with Gasteiger partial charge in [-0.05, 0) is 40.2 Å². The van der Waals surface area contributed by atoms with Crippen molar-refractivity contribution in [3.05, 3.63) is 31.3 Å². The van der Waals surface area contributed by atoms with Crippen LogP contribution in [-0.4, -0.2) is 46.4 Å². The highest BCUT2D eigenvalue weighted by Crippen LogP contribution is 2.28. The zero-order chi connectivity index (χ0) is 25.1. The first kappa shape index (κ1) is 26.6. The average molecular weight is 493 g/mol. The van der Waals surface area contributed by atoms with E-state index in [2.05, 4.69) is 10.5 Å². The van der Waals surface area contributed by atoms with E-state index in [0.29, 0.717) is 10.4 Å². The second kappa shape index (κ2) is 10.1. The molecule has 1 N–H and O–H groups in total. The first-order valence-electron chi connectivity index (χ1n) is 10.0. The number of hydrogen-bond acceptors (Lipinski definition) is 7. The van der Waals surface area contributed by atoms with Crippen LogP contribution in [0.3, 0.4) is 0 Å². The molecule has 9 nitrogen and oxygen atoms in total. The zero-order valence-corrected chi connectivity index (χ0v) is 20.0. The van der Waals surface area contributed by atoms with Crippen LogP contribution in [0.5, 0.6) is 0 Å². The molecule has 2 rings (SSSR count). The molecule has 0 aromatic carbocycles. The molecule has 0 aliphatic rings. The fraction of sp³-hybridized carbons (Fsp3) is 0.600. The van der Waals surface area contributed by atoms with Crippen LogP contribution in [-0.2, 0) is 22.6 Å². The molecule has 1 atom stereocenters. The first-order valence-corrected chi connectivity index (χ1v) is 10.8. The number of thiophene rings is 1. The number of aryl methyl sites for hydroxylation is 2. The van der Waals surface area contributed by atoms with Gasteiger partial charge < -0.3 is 9.47 Å². The summed E-state index contributed by atoms with van der Waals surface area (Å²) in [7, 11) is 1.40. The van der Waals surface area contributed by atoms with Gasteiger partial charge in [0.15, 0.2) is 0 Å². The minimum atomic E-state index is -4.49. The SMILES string of the molecule is COC(C)Cn1c(=O)c2c(C)c(/C=N/NC(=O)OC(C)(C)C)sc2n(CCC(F)(F)F)c1=O. The van der Waals surface area contributed by atoms with E-state index in [0.717, 1.165) is 20.5 Å². The van der Waals surface area contributed by atoms with Crippen molar-refractivity contribution < 1.29 is 27.4 Å². The summed E-state index contributed by atoms with van der Waals surface area (Å²) in [6, 6.07) is 0. The monoisotopic (exact) mass is 492 g/mol. The molecule has 0 aliphatic heterocycles. The summed E-state index contributed by atoms with van der Waals surface area (Å²) in [6.07, 6.45) is -5.78. The number of carbonyl (C=O) groups excluding carboxylic acids is 1. The van der Waals surface area contributed by atoms with Gasteiger partial charge in [0, 0.05) is 13.7 Å². The number of fused-ring (bicyclic) bond motifs is 1. The predicted octanol–water partition coefficient (Wildman–Crippen LogP) is 3.38. The van der Waals surface area contributed by atoms with Crippen molar-refractivity contribution in [2.75, 3.05) is 7.11 Å². The number of nitrogens with zero attached hydrogens (tertiary/aromatic N) is 3. The molecule has 2 aromatic rings.